The highest BCUT2D eigenvalue weighted by atomic mass is 16.5. The molecule has 0 amide bonds. The summed E-state index contributed by atoms with van der Waals surface area (Å²) in [6.45, 7) is 7.02. The van der Waals surface area contributed by atoms with Crippen LogP contribution in [0.3, 0.4) is 0 Å². The summed E-state index contributed by atoms with van der Waals surface area (Å²) in [5.74, 6) is 5.06. The number of nitrogens with one attached hydrogen (secondary N) is 2. The molecule has 1 saturated carbocycles. The number of anilines is 1. The molecule has 1 aromatic rings. The van der Waals surface area contributed by atoms with Crippen LogP contribution >= 0.6 is 0 Å². The molecule has 0 saturated heterocycles. The Morgan fingerprint density at radius 3 is 2.63 bits per heavy atom. The Morgan fingerprint density at radius 1 is 1.13 bits per heavy atom. The summed E-state index contributed by atoms with van der Waals surface area (Å²) in [5.41, 5.74) is 1.90. The molecule has 0 radical (unpaired) electrons. The number of ether oxygens (including phenoxy) is 2. The molecule has 4 rings (SSSR count). The standard InChI is InChI=1S/C23H31N5O2/c1-5-24-22-20-23(28-21(27-20)14(2)3)26-19(25-22)13-15-10-11-17(29-4)18(12-15)30-16-8-6-7-9-16/h10-12,14,16H,5-9,13H2,1-4H3,(H2,24,25,26,27,28). The first-order chi connectivity index (χ1) is 14.6. The average molecular weight is 410 g/mol. The smallest absolute Gasteiger partial charge is 0.163 e. The van der Waals surface area contributed by atoms with E-state index in [2.05, 4.69) is 53.2 Å². The molecule has 30 heavy (non-hydrogen) atoms. The highest BCUT2D eigenvalue weighted by Gasteiger charge is 2.21. The third-order valence-electron chi connectivity index (χ3n) is 5.47. The van der Waals surface area contributed by atoms with Gasteiger partial charge in [-0.1, -0.05) is 19.9 Å². The van der Waals surface area contributed by atoms with Crippen molar-refractivity contribution in [2.45, 2.75) is 64.9 Å². The van der Waals surface area contributed by atoms with Crippen LogP contribution in [0.1, 0.15) is 69.6 Å². The molecule has 2 aliphatic heterocycles. The number of aromatic amines is 1. The first-order valence-electron chi connectivity index (χ1n) is 10.9. The predicted octanol–water partition coefficient (Wildman–Crippen LogP) is 4.78. The summed E-state index contributed by atoms with van der Waals surface area (Å²) in [6, 6.07) is 6.10. The lowest BCUT2D eigenvalue weighted by Gasteiger charge is -2.17. The van der Waals surface area contributed by atoms with Gasteiger partial charge >= 0.3 is 0 Å². The predicted molar refractivity (Wildman–Crippen MR) is 118 cm³/mol. The first-order valence-corrected chi connectivity index (χ1v) is 10.9. The Balaban J connectivity index is 1.63. The van der Waals surface area contributed by atoms with Crippen molar-refractivity contribution in [1.82, 2.24) is 19.9 Å². The van der Waals surface area contributed by atoms with Gasteiger partial charge < -0.3 is 19.8 Å². The highest BCUT2D eigenvalue weighted by molar-refractivity contribution is 5.67. The van der Waals surface area contributed by atoms with Gasteiger partial charge in [0.15, 0.2) is 28.8 Å². The monoisotopic (exact) mass is 409 g/mol. The van der Waals surface area contributed by atoms with Crippen LogP contribution in [0.5, 0.6) is 11.5 Å². The van der Waals surface area contributed by atoms with Crippen molar-refractivity contribution in [2.75, 3.05) is 19.0 Å². The fourth-order valence-electron chi connectivity index (χ4n) is 3.90. The van der Waals surface area contributed by atoms with E-state index in [1.54, 1.807) is 7.11 Å². The molecule has 2 heterocycles. The third-order valence-corrected chi connectivity index (χ3v) is 5.47. The zero-order valence-corrected chi connectivity index (χ0v) is 18.3. The lowest BCUT2D eigenvalue weighted by Crippen LogP contribution is -2.12. The van der Waals surface area contributed by atoms with E-state index in [-0.39, 0.29) is 12.0 Å². The minimum atomic E-state index is 0.264. The number of aromatic nitrogens is 4. The molecule has 160 valence electrons. The maximum Gasteiger partial charge on any atom is 0.163 e. The lowest BCUT2D eigenvalue weighted by molar-refractivity contribution is 0.200. The Bertz CT molecular complexity index is 962. The summed E-state index contributed by atoms with van der Waals surface area (Å²) in [7, 11) is 1.68. The molecule has 1 aliphatic carbocycles. The molecular weight excluding hydrogens is 378 g/mol. The van der Waals surface area contributed by atoms with Crippen LogP contribution in [0.2, 0.25) is 0 Å². The van der Waals surface area contributed by atoms with Crippen LogP contribution in [-0.2, 0) is 6.42 Å². The van der Waals surface area contributed by atoms with E-state index in [0.717, 1.165) is 65.4 Å². The molecule has 7 heteroatoms. The SMILES string of the molecule is CCNc1nc(Cc2ccc(OC)c(OC3CCCC3)c2)[nH]c2nc(C(C)C)nc1-2. The number of nitrogens with zero attached hydrogens (tertiary/aromatic N) is 3. The minimum Gasteiger partial charge on any atom is -0.493 e. The Kier molecular flexibility index (Phi) is 6.06. The maximum absolute atomic E-state index is 6.25. The molecule has 0 bridgehead atoms. The van der Waals surface area contributed by atoms with E-state index in [4.69, 9.17) is 14.5 Å². The number of rotatable bonds is 8. The van der Waals surface area contributed by atoms with Gasteiger partial charge in [-0.15, -0.1) is 0 Å². The quantitative estimate of drug-likeness (QED) is 0.557. The van der Waals surface area contributed by atoms with Crippen LogP contribution in [0.25, 0.3) is 11.5 Å². The normalized spacial score (nSPS) is 14.6. The molecule has 0 spiro atoms. The van der Waals surface area contributed by atoms with E-state index in [1.165, 1.54) is 12.8 Å². The zero-order chi connectivity index (χ0) is 21.1. The zero-order valence-electron chi connectivity index (χ0n) is 18.3. The summed E-state index contributed by atoms with van der Waals surface area (Å²) in [5, 5.41) is 3.33. The fraction of sp³-hybridized carbons (Fsp3) is 0.522. The number of hydrogen-bond donors (Lipinski definition) is 2. The lowest BCUT2D eigenvalue weighted by atomic mass is 10.1. The maximum atomic E-state index is 6.25. The molecule has 0 unspecified atom stereocenters. The second kappa shape index (κ2) is 8.90. The number of hydrogen-bond acceptors (Lipinski definition) is 6. The summed E-state index contributed by atoms with van der Waals surface area (Å²) >= 11 is 0. The molecular formula is C23H31N5O2. The average Bonchev–Trinajstić information content (AvgIpc) is 3.38. The topological polar surface area (TPSA) is 85.0 Å². The van der Waals surface area contributed by atoms with E-state index >= 15 is 0 Å². The van der Waals surface area contributed by atoms with Crippen molar-refractivity contribution in [3.8, 4) is 23.0 Å². The number of methoxy groups -OCH3 is 1. The Morgan fingerprint density at radius 2 is 1.93 bits per heavy atom. The minimum absolute atomic E-state index is 0.264. The van der Waals surface area contributed by atoms with Crippen molar-refractivity contribution in [3.05, 3.63) is 35.4 Å². The molecule has 0 aromatic heterocycles. The van der Waals surface area contributed by atoms with E-state index in [9.17, 15) is 0 Å². The van der Waals surface area contributed by atoms with Crippen molar-refractivity contribution in [1.29, 1.82) is 0 Å². The van der Waals surface area contributed by atoms with Crippen LogP contribution in [0.15, 0.2) is 18.2 Å². The van der Waals surface area contributed by atoms with Gasteiger partial charge in [-0.3, -0.25) is 0 Å². The van der Waals surface area contributed by atoms with E-state index in [1.807, 2.05) is 6.07 Å². The van der Waals surface area contributed by atoms with Crippen LogP contribution in [0.4, 0.5) is 5.82 Å². The molecule has 1 fully saturated rings. The van der Waals surface area contributed by atoms with Gasteiger partial charge in [0.05, 0.1) is 13.2 Å². The number of fused-ring (bicyclic) bond motifs is 1. The van der Waals surface area contributed by atoms with Gasteiger partial charge in [-0.05, 0) is 50.3 Å². The number of imidazole rings is 1. The van der Waals surface area contributed by atoms with Crippen molar-refractivity contribution in [3.63, 3.8) is 0 Å². The second-order valence-corrected chi connectivity index (χ2v) is 8.18. The van der Waals surface area contributed by atoms with Crippen molar-refractivity contribution < 1.29 is 9.47 Å². The van der Waals surface area contributed by atoms with Gasteiger partial charge in [0, 0.05) is 18.9 Å². The first kappa shape index (κ1) is 20.4. The van der Waals surface area contributed by atoms with Crippen molar-refractivity contribution >= 4 is 5.82 Å². The van der Waals surface area contributed by atoms with Crippen LogP contribution in [-0.4, -0.2) is 39.7 Å². The molecule has 1 aromatic carbocycles. The molecule has 3 aliphatic rings. The van der Waals surface area contributed by atoms with Crippen LogP contribution < -0.4 is 14.8 Å². The number of benzene rings is 1. The third kappa shape index (κ3) is 4.35. The summed E-state index contributed by atoms with van der Waals surface area (Å²) in [6.07, 6.45) is 5.61. The number of H-pyrrole nitrogens is 1. The molecule has 7 nitrogen and oxygen atoms in total. The highest BCUT2D eigenvalue weighted by Crippen LogP contribution is 2.33. The second-order valence-electron chi connectivity index (χ2n) is 8.18. The van der Waals surface area contributed by atoms with E-state index in [0.29, 0.717) is 6.42 Å². The summed E-state index contributed by atoms with van der Waals surface area (Å²) in [4.78, 5) is 17.5. The summed E-state index contributed by atoms with van der Waals surface area (Å²) < 4.78 is 11.8. The molecule has 0 atom stereocenters. The van der Waals surface area contributed by atoms with Gasteiger partial charge in [0.25, 0.3) is 0 Å². The Labute approximate surface area is 178 Å². The van der Waals surface area contributed by atoms with E-state index < -0.39 is 0 Å². The van der Waals surface area contributed by atoms with Gasteiger partial charge in [0.2, 0.25) is 0 Å². The molecule has 2 N–H and O–H groups in total. The van der Waals surface area contributed by atoms with Gasteiger partial charge in [-0.25, -0.2) is 15.0 Å². The van der Waals surface area contributed by atoms with Crippen LogP contribution in [0, 0.1) is 0 Å². The fourth-order valence-corrected chi connectivity index (χ4v) is 3.90. The van der Waals surface area contributed by atoms with Gasteiger partial charge in [-0.2, -0.15) is 0 Å². The van der Waals surface area contributed by atoms with Gasteiger partial charge in [0.1, 0.15) is 11.6 Å². The largest absolute Gasteiger partial charge is 0.493 e. The Hall–Kier alpha value is -2.83. The van der Waals surface area contributed by atoms with Crippen molar-refractivity contribution in [2.24, 2.45) is 0 Å².